The Hall–Kier alpha value is -2.35. The van der Waals surface area contributed by atoms with Crippen molar-refractivity contribution in [3.8, 4) is 5.75 Å². The highest BCUT2D eigenvalue weighted by Gasteiger charge is 2.26. The largest absolute Gasteiger partial charge is 0.486 e. The van der Waals surface area contributed by atoms with Gasteiger partial charge in [0.2, 0.25) is 0 Å². The number of aryl methyl sites for hydroxylation is 1. The second-order valence-corrected chi connectivity index (χ2v) is 8.77. The Morgan fingerprint density at radius 3 is 2.77 bits per heavy atom. The lowest BCUT2D eigenvalue weighted by atomic mass is 10.2. The van der Waals surface area contributed by atoms with Gasteiger partial charge in [-0.3, -0.25) is 9.69 Å². The van der Waals surface area contributed by atoms with Gasteiger partial charge in [0, 0.05) is 11.6 Å². The van der Waals surface area contributed by atoms with Gasteiger partial charge in [0.25, 0.3) is 5.91 Å². The molecule has 3 heterocycles. The number of nitrogens with one attached hydrogen (secondary N) is 1. The van der Waals surface area contributed by atoms with Gasteiger partial charge < -0.3 is 14.5 Å². The van der Waals surface area contributed by atoms with Gasteiger partial charge in [-0.25, -0.2) is 4.98 Å². The number of carbonyl (C=O) groups is 1. The van der Waals surface area contributed by atoms with E-state index in [1.54, 1.807) is 18.4 Å². The predicted octanol–water partition coefficient (Wildman–Crippen LogP) is 4.84. The molecule has 1 unspecified atom stereocenters. The highest BCUT2D eigenvalue weighted by Crippen LogP contribution is 2.26. The summed E-state index contributed by atoms with van der Waals surface area (Å²) in [4.78, 5) is 20.3. The Morgan fingerprint density at radius 1 is 1.30 bits per heavy atom. The second kappa shape index (κ2) is 9.64. The summed E-state index contributed by atoms with van der Waals surface area (Å²) in [5.41, 5.74) is 0.711. The van der Waals surface area contributed by atoms with Crippen molar-refractivity contribution in [2.45, 2.75) is 32.4 Å². The third-order valence-corrected chi connectivity index (χ3v) is 6.51. The van der Waals surface area contributed by atoms with Gasteiger partial charge in [0.05, 0.1) is 18.0 Å². The first-order valence-electron chi connectivity index (χ1n) is 10.0. The Morgan fingerprint density at radius 2 is 2.07 bits per heavy atom. The fourth-order valence-corrected chi connectivity index (χ4v) is 4.63. The smallest absolute Gasteiger partial charge is 0.263 e. The molecule has 30 heavy (non-hydrogen) atoms. The lowest BCUT2D eigenvalue weighted by Crippen LogP contribution is -2.36. The van der Waals surface area contributed by atoms with Gasteiger partial charge in [0.1, 0.15) is 28.0 Å². The zero-order valence-corrected chi connectivity index (χ0v) is 18.3. The minimum Gasteiger partial charge on any atom is -0.486 e. The van der Waals surface area contributed by atoms with E-state index in [0.29, 0.717) is 34.5 Å². The fourth-order valence-electron chi connectivity index (χ4n) is 3.61. The molecule has 4 rings (SSSR count). The number of ether oxygens (including phenoxy) is 1. The maximum absolute atomic E-state index is 12.8. The summed E-state index contributed by atoms with van der Waals surface area (Å²) in [6.45, 7) is 4.70. The molecule has 3 aromatic rings. The molecule has 0 bridgehead atoms. The lowest BCUT2D eigenvalue weighted by Gasteiger charge is -2.25. The summed E-state index contributed by atoms with van der Waals surface area (Å²) in [6.07, 6.45) is 4.03. The van der Waals surface area contributed by atoms with E-state index in [1.807, 2.05) is 31.2 Å². The summed E-state index contributed by atoms with van der Waals surface area (Å²) < 4.78 is 11.4. The molecule has 1 saturated heterocycles. The van der Waals surface area contributed by atoms with E-state index < -0.39 is 0 Å². The third kappa shape index (κ3) is 5.03. The van der Waals surface area contributed by atoms with Crippen LogP contribution >= 0.6 is 22.9 Å². The second-order valence-electron chi connectivity index (χ2n) is 7.25. The Labute approximate surface area is 184 Å². The molecule has 1 N–H and O–H groups in total. The van der Waals surface area contributed by atoms with E-state index in [-0.39, 0.29) is 11.9 Å². The zero-order chi connectivity index (χ0) is 20.9. The summed E-state index contributed by atoms with van der Waals surface area (Å²) >= 11 is 7.25. The van der Waals surface area contributed by atoms with Crippen LogP contribution in [-0.4, -0.2) is 35.4 Å². The molecular weight excluding hydrogens is 422 g/mol. The standard InChI is InChI=1S/C22H24ClN3O3S/c1-15-21(30-20(25-15)14-29-17-8-6-16(23)7-9-17)22(27)24-13-18(19-5-4-12-28-19)26-10-2-3-11-26/h4-9,12,18H,2-3,10-11,13-14H2,1H3,(H,24,27). The number of amides is 1. The summed E-state index contributed by atoms with van der Waals surface area (Å²) in [5, 5.41) is 4.49. The number of hydrogen-bond donors (Lipinski definition) is 1. The first-order valence-corrected chi connectivity index (χ1v) is 11.2. The van der Waals surface area contributed by atoms with Crippen molar-refractivity contribution in [1.82, 2.24) is 15.2 Å². The Kier molecular flexibility index (Phi) is 6.72. The molecule has 1 fully saturated rings. The van der Waals surface area contributed by atoms with Gasteiger partial charge in [-0.2, -0.15) is 0 Å². The van der Waals surface area contributed by atoms with Crippen LogP contribution in [0, 0.1) is 6.92 Å². The number of nitrogens with zero attached hydrogens (tertiary/aromatic N) is 2. The number of aromatic nitrogens is 1. The van der Waals surface area contributed by atoms with Crippen LogP contribution in [0.25, 0.3) is 0 Å². The number of carbonyl (C=O) groups excluding carboxylic acids is 1. The molecular formula is C22H24ClN3O3S. The predicted molar refractivity (Wildman–Crippen MR) is 117 cm³/mol. The SMILES string of the molecule is Cc1nc(COc2ccc(Cl)cc2)sc1C(=O)NCC(c1ccco1)N1CCCC1. The van der Waals surface area contributed by atoms with Gasteiger partial charge in [-0.05, 0) is 69.3 Å². The molecule has 8 heteroatoms. The van der Waals surface area contributed by atoms with Crippen LogP contribution in [0.3, 0.4) is 0 Å². The molecule has 158 valence electrons. The van der Waals surface area contributed by atoms with Crippen LogP contribution in [0.2, 0.25) is 5.02 Å². The Balaban J connectivity index is 1.37. The summed E-state index contributed by atoms with van der Waals surface area (Å²) in [7, 11) is 0. The van der Waals surface area contributed by atoms with Gasteiger partial charge >= 0.3 is 0 Å². The minimum absolute atomic E-state index is 0.0485. The van der Waals surface area contributed by atoms with E-state index in [9.17, 15) is 4.79 Å². The summed E-state index contributed by atoms with van der Waals surface area (Å²) in [6, 6.07) is 11.1. The van der Waals surface area contributed by atoms with Crippen molar-refractivity contribution < 1.29 is 13.9 Å². The molecule has 0 spiro atoms. The zero-order valence-electron chi connectivity index (χ0n) is 16.8. The van der Waals surface area contributed by atoms with Crippen LogP contribution in [0.15, 0.2) is 47.1 Å². The van der Waals surface area contributed by atoms with Crippen molar-refractivity contribution in [2.24, 2.45) is 0 Å². The van der Waals surface area contributed by atoms with Crippen molar-refractivity contribution in [3.63, 3.8) is 0 Å². The average molecular weight is 446 g/mol. The molecule has 1 atom stereocenters. The molecule has 1 amide bonds. The van der Waals surface area contributed by atoms with Crippen LogP contribution in [0.5, 0.6) is 5.75 Å². The molecule has 6 nitrogen and oxygen atoms in total. The van der Waals surface area contributed by atoms with Crippen LogP contribution in [0.4, 0.5) is 0 Å². The topological polar surface area (TPSA) is 67.6 Å². The van der Waals surface area contributed by atoms with Gasteiger partial charge in [-0.1, -0.05) is 11.6 Å². The third-order valence-electron chi connectivity index (χ3n) is 5.13. The van der Waals surface area contributed by atoms with E-state index >= 15 is 0 Å². The number of rotatable bonds is 8. The number of halogens is 1. The molecule has 0 radical (unpaired) electrons. The van der Waals surface area contributed by atoms with Crippen LogP contribution in [0.1, 0.15) is 45.0 Å². The quantitative estimate of drug-likeness (QED) is 0.537. The number of hydrogen-bond acceptors (Lipinski definition) is 6. The van der Waals surface area contributed by atoms with Crippen molar-refractivity contribution in [3.05, 3.63) is 69.0 Å². The molecule has 1 aliphatic rings. The van der Waals surface area contributed by atoms with Crippen molar-refractivity contribution in [1.29, 1.82) is 0 Å². The molecule has 0 saturated carbocycles. The van der Waals surface area contributed by atoms with Crippen LogP contribution < -0.4 is 10.1 Å². The normalized spacial score (nSPS) is 15.3. The van der Waals surface area contributed by atoms with Crippen LogP contribution in [-0.2, 0) is 6.61 Å². The first-order chi connectivity index (χ1) is 14.6. The fraction of sp³-hybridized carbons (Fsp3) is 0.364. The highest BCUT2D eigenvalue weighted by atomic mass is 35.5. The number of benzene rings is 1. The molecule has 2 aromatic heterocycles. The summed E-state index contributed by atoms with van der Waals surface area (Å²) in [5.74, 6) is 1.49. The van der Waals surface area contributed by atoms with E-state index in [0.717, 1.165) is 23.9 Å². The Bertz CT molecular complexity index is 966. The molecule has 0 aliphatic carbocycles. The number of thiazole rings is 1. The van der Waals surface area contributed by atoms with E-state index in [1.165, 1.54) is 24.2 Å². The number of likely N-dealkylation sites (tertiary alicyclic amines) is 1. The highest BCUT2D eigenvalue weighted by molar-refractivity contribution is 7.13. The molecule has 1 aromatic carbocycles. The minimum atomic E-state index is -0.113. The van der Waals surface area contributed by atoms with Gasteiger partial charge in [0.15, 0.2) is 0 Å². The average Bonchev–Trinajstić information content (AvgIpc) is 3.50. The first kappa shape index (κ1) is 20.9. The monoisotopic (exact) mass is 445 g/mol. The van der Waals surface area contributed by atoms with Gasteiger partial charge in [-0.15, -0.1) is 11.3 Å². The molecule has 1 aliphatic heterocycles. The maximum Gasteiger partial charge on any atom is 0.263 e. The van der Waals surface area contributed by atoms with E-state index in [4.69, 9.17) is 20.8 Å². The lowest BCUT2D eigenvalue weighted by molar-refractivity contribution is 0.0937. The van der Waals surface area contributed by atoms with Crippen molar-refractivity contribution in [2.75, 3.05) is 19.6 Å². The maximum atomic E-state index is 12.8. The van der Waals surface area contributed by atoms with Crippen molar-refractivity contribution >= 4 is 28.8 Å². The number of furan rings is 1. The van der Waals surface area contributed by atoms with E-state index in [2.05, 4.69) is 15.2 Å².